The average Bonchev–Trinajstić information content (AvgIpc) is 2.85. The highest BCUT2D eigenvalue weighted by Crippen LogP contribution is 2.42. The number of fused-ring (bicyclic) bond motifs is 1. The number of hydrogen-bond acceptors (Lipinski definition) is 5. The van der Waals surface area contributed by atoms with Crippen molar-refractivity contribution in [3.8, 4) is 0 Å². The van der Waals surface area contributed by atoms with Crippen LogP contribution in [-0.4, -0.2) is 35.9 Å². The molecule has 0 spiro atoms. The van der Waals surface area contributed by atoms with Gasteiger partial charge in [0.2, 0.25) is 0 Å². The van der Waals surface area contributed by atoms with Gasteiger partial charge in [0, 0.05) is 16.1 Å². The van der Waals surface area contributed by atoms with E-state index >= 15 is 0 Å². The van der Waals surface area contributed by atoms with Crippen molar-refractivity contribution in [1.82, 2.24) is 0 Å². The maximum absolute atomic E-state index is 12.9. The Morgan fingerprint density at radius 2 is 1.81 bits per heavy atom. The van der Waals surface area contributed by atoms with E-state index in [9.17, 15) is 19.5 Å². The largest absolute Gasteiger partial charge is 0.465 e. The standard InChI is InChI=1S/C20H18ClNO5/c1-2-27-18(24)12-22-16-6-4-3-5-15(16)20(26,19(22)25)11-17(23)13-7-9-14(21)10-8-13/h3-10,26H,2,11-12H2,1H3. The van der Waals surface area contributed by atoms with E-state index in [1.807, 2.05) is 0 Å². The number of ether oxygens (including phenoxy) is 1. The van der Waals surface area contributed by atoms with E-state index < -0.39 is 29.7 Å². The van der Waals surface area contributed by atoms with Crippen LogP contribution in [0.3, 0.4) is 0 Å². The average molecular weight is 388 g/mol. The maximum Gasteiger partial charge on any atom is 0.326 e. The van der Waals surface area contributed by atoms with E-state index in [-0.39, 0.29) is 13.2 Å². The Kier molecular flexibility index (Phi) is 5.30. The normalized spacial score (nSPS) is 18.3. The van der Waals surface area contributed by atoms with Crippen molar-refractivity contribution in [2.75, 3.05) is 18.1 Å². The van der Waals surface area contributed by atoms with Gasteiger partial charge in [-0.3, -0.25) is 19.3 Å². The summed E-state index contributed by atoms with van der Waals surface area (Å²) in [6.45, 7) is 1.52. The van der Waals surface area contributed by atoms with Gasteiger partial charge in [-0.15, -0.1) is 0 Å². The number of rotatable bonds is 6. The molecule has 27 heavy (non-hydrogen) atoms. The molecule has 1 aliphatic heterocycles. The fraction of sp³-hybridized carbons (Fsp3) is 0.250. The Bertz CT molecular complexity index is 896. The highest BCUT2D eigenvalue weighted by molar-refractivity contribution is 6.30. The number of aliphatic hydroxyl groups is 1. The van der Waals surface area contributed by atoms with E-state index in [0.717, 1.165) is 4.90 Å². The van der Waals surface area contributed by atoms with Crippen molar-refractivity contribution < 1.29 is 24.2 Å². The summed E-state index contributed by atoms with van der Waals surface area (Å²) >= 11 is 5.83. The molecule has 0 aromatic heterocycles. The number of carbonyl (C=O) groups excluding carboxylic acids is 3. The molecule has 7 heteroatoms. The number of benzene rings is 2. The third kappa shape index (κ3) is 3.59. The van der Waals surface area contributed by atoms with E-state index in [1.54, 1.807) is 43.3 Å². The molecule has 140 valence electrons. The summed E-state index contributed by atoms with van der Waals surface area (Å²) in [5.74, 6) is -1.72. The molecule has 1 heterocycles. The van der Waals surface area contributed by atoms with Crippen molar-refractivity contribution in [2.24, 2.45) is 0 Å². The summed E-state index contributed by atoms with van der Waals surface area (Å²) in [5.41, 5.74) is -1.02. The molecule has 0 radical (unpaired) electrons. The molecule has 3 rings (SSSR count). The van der Waals surface area contributed by atoms with Crippen molar-refractivity contribution >= 4 is 34.9 Å². The van der Waals surface area contributed by atoms with Crippen molar-refractivity contribution in [3.05, 3.63) is 64.7 Å². The van der Waals surface area contributed by atoms with E-state index in [1.165, 1.54) is 12.1 Å². The number of nitrogens with zero attached hydrogens (tertiary/aromatic N) is 1. The topological polar surface area (TPSA) is 83.9 Å². The van der Waals surface area contributed by atoms with Gasteiger partial charge in [0.25, 0.3) is 5.91 Å². The van der Waals surface area contributed by atoms with Gasteiger partial charge in [-0.1, -0.05) is 29.8 Å². The van der Waals surface area contributed by atoms with Crippen LogP contribution in [0, 0.1) is 0 Å². The van der Waals surface area contributed by atoms with Crippen molar-refractivity contribution in [1.29, 1.82) is 0 Å². The predicted molar refractivity (Wildman–Crippen MR) is 99.7 cm³/mol. The molecule has 0 saturated heterocycles. The SMILES string of the molecule is CCOC(=O)CN1C(=O)C(O)(CC(=O)c2ccc(Cl)cc2)c2ccccc21. The predicted octanol–water partition coefficient (Wildman–Crippen LogP) is 2.71. The quantitative estimate of drug-likeness (QED) is 0.608. The van der Waals surface area contributed by atoms with Crippen LogP contribution < -0.4 is 4.90 Å². The fourth-order valence-corrected chi connectivity index (χ4v) is 3.27. The molecule has 1 aliphatic rings. The Morgan fingerprint density at radius 1 is 1.15 bits per heavy atom. The Balaban J connectivity index is 1.92. The zero-order chi connectivity index (χ0) is 19.6. The second-order valence-corrected chi connectivity index (χ2v) is 6.62. The Labute approximate surface area is 161 Å². The van der Waals surface area contributed by atoms with Crippen LogP contribution in [0.1, 0.15) is 29.3 Å². The van der Waals surface area contributed by atoms with Crippen LogP contribution in [0.2, 0.25) is 5.02 Å². The van der Waals surface area contributed by atoms with Gasteiger partial charge in [0.15, 0.2) is 11.4 Å². The van der Waals surface area contributed by atoms with Gasteiger partial charge in [-0.2, -0.15) is 0 Å². The lowest BCUT2D eigenvalue weighted by molar-refractivity contribution is -0.144. The van der Waals surface area contributed by atoms with Crippen LogP contribution in [0.5, 0.6) is 0 Å². The monoisotopic (exact) mass is 387 g/mol. The fourth-order valence-electron chi connectivity index (χ4n) is 3.14. The second kappa shape index (κ2) is 7.50. The molecule has 0 aliphatic carbocycles. The number of esters is 1. The first-order valence-electron chi connectivity index (χ1n) is 8.45. The minimum absolute atomic E-state index is 0.182. The van der Waals surface area contributed by atoms with Gasteiger partial charge in [-0.25, -0.2) is 0 Å². The third-order valence-corrected chi connectivity index (χ3v) is 4.67. The summed E-state index contributed by atoms with van der Waals surface area (Å²) < 4.78 is 4.90. The first-order chi connectivity index (χ1) is 12.9. The summed E-state index contributed by atoms with van der Waals surface area (Å²) in [4.78, 5) is 38.6. The second-order valence-electron chi connectivity index (χ2n) is 6.18. The van der Waals surface area contributed by atoms with Gasteiger partial charge in [0.1, 0.15) is 6.54 Å². The maximum atomic E-state index is 12.9. The summed E-state index contributed by atoms with van der Waals surface area (Å²) in [7, 11) is 0. The van der Waals surface area contributed by atoms with Crippen LogP contribution >= 0.6 is 11.6 Å². The summed E-state index contributed by atoms with van der Waals surface area (Å²) in [6.07, 6.45) is -0.441. The number of anilines is 1. The number of halogens is 1. The Hall–Kier alpha value is -2.70. The smallest absolute Gasteiger partial charge is 0.326 e. The van der Waals surface area contributed by atoms with Gasteiger partial charge in [0.05, 0.1) is 18.7 Å². The first-order valence-corrected chi connectivity index (χ1v) is 8.83. The zero-order valence-electron chi connectivity index (χ0n) is 14.6. The molecule has 2 aromatic carbocycles. The number of amides is 1. The Morgan fingerprint density at radius 3 is 2.48 bits per heavy atom. The summed E-state index contributed by atoms with van der Waals surface area (Å²) in [5, 5.41) is 11.6. The van der Waals surface area contributed by atoms with E-state index in [2.05, 4.69) is 0 Å². The first kappa shape index (κ1) is 19.1. The summed E-state index contributed by atoms with van der Waals surface area (Å²) in [6, 6.07) is 12.8. The van der Waals surface area contributed by atoms with Crippen LogP contribution in [0.15, 0.2) is 48.5 Å². The molecule has 6 nitrogen and oxygen atoms in total. The molecule has 1 atom stereocenters. The van der Waals surface area contributed by atoms with E-state index in [4.69, 9.17) is 16.3 Å². The third-order valence-electron chi connectivity index (χ3n) is 4.41. The zero-order valence-corrected chi connectivity index (χ0v) is 15.4. The van der Waals surface area contributed by atoms with E-state index in [0.29, 0.717) is 21.8 Å². The molecule has 2 aromatic rings. The lowest BCUT2D eigenvalue weighted by Gasteiger charge is -2.22. The van der Waals surface area contributed by atoms with Crippen LogP contribution in [0.4, 0.5) is 5.69 Å². The molecule has 0 bridgehead atoms. The molecular weight excluding hydrogens is 370 g/mol. The lowest BCUT2D eigenvalue weighted by atomic mass is 9.88. The number of hydrogen-bond donors (Lipinski definition) is 1. The van der Waals surface area contributed by atoms with Gasteiger partial charge < -0.3 is 9.84 Å². The van der Waals surface area contributed by atoms with Gasteiger partial charge in [-0.05, 0) is 37.3 Å². The number of Topliss-reactive ketones (excluding diaryl/α,β-unsaturated/α-hetero) is 1. The molecule has 1 N–H and O–H groups in total. The highest BCUT2D eigenvalue weighted by atomic mass is 35.5. The molecule has 1 amide bonds. The van der Waals surface area contributed by atoms with Crippen molar-refractivity contribution in [2.45, 2.75) is 18.9 Å². The van der Waals surface area contributed by atoms with Crippen molar-refractivity contribution in [3.63, 3.8) is 0 Å². The molecule has 0 saturated carbocycles. The number of ketones is 1. The minimum atomic E-state index is -2.04. The molecule has 0 fully saturated rings. The highest BCUT2D eigenvalue weighted by Gasteiger charge is 2.51. The minimum Gasteiger partial charge on any atom is -0.465 e. The lowest BCUT2D eigenvalue weighted by Crippen LogP contribution is -2.44. The molecule has 1 unspecified atom stereocenters. The molecular formula is C20H18ClNO5. The van der Waals surface area contributed by atoms with Gasteiger partial charge >= 0.3 is 5.97 Å². The number of para-hydroxylation sites is 1. The van der Waals surface area contributed by atoms with Crippen LogP contribution in [-0.2, 0) is 19.9 Å². The van der Waals surface area contributed by atoms with Crippen LogP contribution in [0.25, 0.3) is 0 Å². The number of carbonyl (C=O) groups is 3.